The van der Waals surface area contributed by atoms with Crippen molar-refractivity contribution in [1.29, 1.82) is 0 Å². The largest absolute Gasteiger partial charge is 0.399 e. The van der Waals surface area contributed by atoms with Gasteiger partial charge in [-0.2, -0.15) is 0 Å². The number of anilines is 1. The Morgan fingerprint density at radius 2 is 2.11 bits per heavy atom. The van der Waals surface area contributed by atoms with Crippen LogP contribution in [0.3, 0.4) is 0 Å². The minimum Gasteiger partial charge on any atom is -0.399 e. The van der Waals surface area contributed by atoms with E-state index in [1.54, 1.807) is 31.3 Å². The highest BCUT2D eigenvalue weighted by Gasteiger charge is 2.16. The van der Waals surface area contributed by atoms with Gasteiger partial charge in [-0.1, -0.05) is 0 Å². The van der Waals surface area contributed by atoms with Crippen molar-refractivity contribution in [2.75, 3.05) is 5.73 Å². The summed E-state index contributed by atoms with van der Waals surface area (Å²) in [6, 6.07) is 6.33. The molecule has 0 aliphatic rings. The third kappa shape index (κ3) is 3.27. The Kier molecular flexibility index (Phi) is 3.77. The second-order valence-corrected chi connectivity index (χ2v) is 5.79. The zero-order valence-electron chi connectivity index (χ0n) is 10.4. The van der Waals surface area contributed by atoms with Crippen LogP contribution in [0.15, 0.2) is 41.7 Å². The summed E-state index contributed by atoms with van der Waals surface area (Å²) in [5, 5.41) is 0. The average Bonchev–Trinajstić information content (AvgIpc) is 2.37. The number of nitrogen functional groups attached to an aromatic ring is 1. The number of rotatable bonds is 4. The molecular formula is C12H14N4O2S. The standard InChI is InChI=1S/C12H14N4O2S/c1-9-6-10(13)2-3-12(9)19(17,18)16-7-11-4-5-14-8-15-11/h2-6,8,16H,7,13H2,1H3. The van der Waals surface area contributed by atoms with Crippen molar-refractivity contribution >= 4 is 15.7 Å². The van der Waals surface area contributed by atoms with Gasteiger partial charge in [0.05, 0.1) is 17.1 Å². The predicted octanol–water partition coefficient (Wildman–Crippen LogP) is 0.846. The number of nitrogens with two attached hydrogens (primary N) is 1. The first-order chi connectivity index (χ1) is 8.99. The van der Waals surface area contributed by atoms with Gasteiger partial charge >= 0.3 is 0 Å². The Morgan fingerprint density at radius 3 is 2.74 bits per heavy atom. The normalized spacial score (nSPS) is 11.4. The molecule has 1 heterocycles. The average molecular weight is 278 g/mol. The molecule has 0 radical (unpaired) electrons. The highest BCUT2D eigenvalue weighted by atomic mass is 32.2. The number of aryl methyl sites for hydroxylation is 1. The summed E-state index contributed by atoms with van der Waals surface area (Å²) < 4.78 is 26.8. The molecule has 0 aliphatic carbocycles. The van der Waals surface area contributed by atoms with Gasteiger partial charge in [0.15, 0.2) is 0 Å². The van der Waals surface area contributed by atoms with Crippen LogP contribution in [-0.2, 0) is 16.6 Å². The van der Waals surface area contributed by atoms with Crippen LogP contribution in [0.25, 0.3) is 0 Å². The second kappa shape index (κ2) is 5.33. The van der Waals surface area contributed by atoms with E-state index in [1.807, 2.05) is 0 Å². The number of nitrogens with zero attached hydrogens (tertiary/aromatic N) is 2. The molecule has 3 N–H and O–H groups in total. The van der Waals surface area contributed by atoms with E-state index < -0.39 is 10.0 Å². The summed E-state index contributed by atoms with van der Waals surface area (Å²) >= 11 is 0. The third-order valence-corrected chi connectivity index (χ3v) is 4.14. The zero-order chi connectivity index (χ0) is 13.9. The Bertz CT molecular complexity index is 671. The molecule has 2 aromatic rings. The monoisotopic (exact) mass is 278 g/mol. The Morgan fingerprint density at radius 1 is 1.32 bits per heavy atom. The first-order valence-electron chi connectivity index (χ1n) is 5.60. The van der Waals surface area contributed by atoms with E-state index in [4.69, 9.17) is 5.73 Å². The van der Waals surface area contributed by atoms with Crippen LogP contribution in [-0.4, -0.2) is 18.4 Å². The highest BCUT2D eigenvalue weighted by Crippen LogP contribution is 2.17. The van der Waals surface area contributed by atoms with Crippen molar-refractivity contribution in [2.24, 2.45) is 0 Å². The maximum atomic E-state index is 12.1. The predicted molar refractivity (Wildman–Crippen MR) is 71.6 cm³/mol. The first kappa shape index (κ1) is 13.4. The summed E-state index contributed by atoms with van der Waals surface area (Å²) in [6.45, 7) is 1.82. The van der Waals surface area contributed by atoms with E-state index in [0.717, 1.165) is 0 Å². The lowest BCUT2D eigenvalue weighted by Crippen LogP contribution is -2.24. The van der Waals surface area contributed by atoms with Gasteiger partial charge in [0.25, 0.3) is 0 Å². The molecule has 0 amide bonds. The molecule has 0 unspecified atom stereocenters. The smallest absolute Gasteiger partial charge is 0.241 e. The van der Waals surface area contributed by atoms with Crippen molar-refractivity contribution in [3.05, 3.63) is 48.0 Å². The minimum atomic E-state index is -3.57. The van der Waals surface area contributed by atoms with Gasteiger partial charge in [0.1, 0.15) is 6.33 Å². The quantitative estimate of drug-likeness (QED) is 0.808. The lowest BCUT2D eigenvalue weighted by Gasteiger charge is -2.09. The van der Waals surface area contributed by atoms with Crippen LogP contribution in [0.2, 0.25) is 0 Å². The SMILES string of the molecule is Cc1cc(N)ccc1S(=O)(=O)NCc1ccncn1. The van der Waals surface area contributed by atoms with E-state index in [1.165, 1.54) is 12.4 Å². The van der Waals surface area contributed by atoms with Gasteiger partial charge in [-0.05, 0) is 36.8 Å². The molecule has 0 bridgehead atoms. The molecule has 0 spiro atoms. The molecule has 100 valence electrons. The summed E-state index contributed by atoms with van der Waals surface area (Å²) in [7, 11) is -3.57. The number of aromatic nitrogens is 2. The maximum Gasteiger partial charge on any atom is 0.241 e. The highest BCUT2D eigenvalue weighted by molar-refractivity contribution is 7.89. The number of hydrogen-bond acceptors (Lipinski definition) is 5. The Labute approximate surface area is 111 Å². The van der Waals surface area contributed by atoms with Crippen molar-refractivity contribution in [2.45, 2.75) is 18.4 Å². The maximum absolute atomic E-state index is 12.1. The van der Waals surface area contributed by atoms with Gasteiger partial charge in [0.2, 0.25) is 10.0 Å². The van der Waals surface area contributed by atoms with Gasteiger partial charge in [-0.3, -0.25) is 0 Å². The third-order valence-electron chi connectivity index (χ3n) is 2.58. The molecule has 0 fully saturated rings. The molecule has 0 saturated carbocycles. The van der Waals surface area contributed by atoms with E-state index in [-0.39, 0.29) is 11.4 Å². The molecule has 0 aliphatic heterocycles. The van der Waals surface area contributed by atoms with Crippen LogP contribution in [0.1, 0.15) is 11.3 Å². The van der Waals surface area contributed by atoms with Crippen LogP contribution in [0.5, 0.6) is 0 Å². The minimum absolute atomic E-state index is 0.120. The van der Waals surface area contributed by atoms with Gasteiger partial charge in [-0.15, -0.1) is 0 Å². The number of hydrogen-bond donors (Lipinski definition) is 2. The topological polar surface area (TPSA) is 98.0 Å². The molecular weight excluding hydrogens is 264 g/mol. The van der Waals surface area contributed by atoms with Crippen molar-refractivity contribution in [3.8, 4) is 0 Å². The summed E-state index contributed by atoms with van der Waals surface area (Å²) in [6.07, 6.45) is 2.93. The fraction of sp³-hybridized carbons (Fsp3) is 0.167. The lowest BCUT2D eigenvalue weighted by molar-refractivity contribution is 0.579. The molecule has 6 nitrogen and oxygen atoms in total. The molecule has 19 heavy (non-hydrogen) atoms. The molecule has 7 heteroatoms. The van der Waals surface area contributed by atoms with Crippen LogP contribution in [0.4, 0.5) is 5.69 Å². The van der Waals surface area contributed by atoms with Crippen molar-refractivity contribution < 1.29 is 8.42 Å². The second-order valence-electron chi connectivity index (χ2n) is 4.05. The summed E-state index contributed by atoms with van der Waals surface area (Å²) in [5.74, 6) is 0. The number of benzene rings is 1. The zero-order valence-corrected chi connectivity index (χ0v) is 11.2. The fourth-order valence-electron chi connectivity index (χ4n) is 1.64. The molecule has 0 saturated heterocycles. The van der Waals surface area contributed by atoms with Crippen molar-refractivity contribution in [1.82, 2.24) is 14.7 Å². The molecule has 1 aromatic carbocycles. The summed E-state index contributed by atoms with van der Waals surface area (Å²) in [5.41, 5.74) is 7.35. The lowest BCUT2D eigenvalue weighted by atomic mass is 10.2. The summed E-state index contributed by atoms with van der Waals surface area (Å²) in [4.78, 5) is 7.94. The molecule has 0 atom stereocenters. The van der Waals surface area contributed by atoms with E-state index in [2.05, 4.69) is 14.7 Å². The van der Waals surface area contributed by atoms with Gasteiger partial charge in [0, 0.05) is 11.9 Å². The van der Waals surface area contributed by atoms with Gasteiger partial charge < -0.3 is 5.73 Å². The first-order valence-corrected chi connectivity index (χ1v) is 7.08. The van der Waals surface area contributed by atoms with E-state index in [0.29, 0.717) is 16.9 Å². The van der Waals surface area contributed by atoms with E-state index >= 15 is 0 Å². The Balaban J connectivity index is 2.19. The van der Waals surface area contributed by atoms with Crippen molar-refractivity contribution in [3.63, 3.8) is 0 Å². The van der Waals surface area contributed by atoms with Crippen LogP contribution < -0.4 is 10.5 Å². The fourth-order valence-corrected chi connectivity index (χ4v) is 2.87. The Hall–Kier alpha value is -1.99. The van der Waals surface area contributed by atoms with Gasteiger partial charge in [-0.25, -0.2) is 23.1 Å². The number of sulfonamides is 1. The number of nitrogens with one attached hydrogen (secondary N) is 1. The van der Waals surface area contributed by atoms with Crippen LogP contribution in [0, 0.1) is 6.92 Å². The van der Waals surface area contributed by atoms with E-state index in [9.17, 15) is 8.42 Å². The molecule has 1 aromatic heterocycles. The molecule has 2 rings (SSSR count). The van der Waals surface area contributed by atoms with Crippen LogP contribution >= 0.6 is 0 Å².